The first-order valence-electron chi connectivity index (χ1n) is 8.35. The average molecular weight is 311 g/mol. The molecule has 122 valence electrons. The molecule has 1 N–H and O–H groups in total. The van der Waals surface area contributed by atoms with Crippen LogP contribution in [0.5, 0.6) is 0 Å². The van der Waals surface area contributed by atoms with Gasteiger partial charge in [0.15, 0.2) is 0 Å². The molecule has 0 unspecified atom stereocenters. The fourth-order valence-electron chi connectivity index (χ4n) is 2.86. The van der Waals surface area contributed by atoms with Gasteiger partial charge in [0.05, 0.1) is 0 Å². The van der Waals surface area contributed by atoms with Gasteiger partial charge in [-0.2, -0.15) is 4.98 Å². The van der Waals surface area contributed by atoms with Crippen LogP contribution in [-0.4, -0.2) is 47.6 Å². The third-order valence-corrected chi connectivity index (χ3v) is 4.28. The third kappa shape index (κ3) is 4.20. The van der Waals surface area contributed by atoms with E-state index in [1.807, 2.05) is 25.1 Å². The van der Waals surface area contributed by atoms with Gasteiger partial charge in [0.25, 0.3) is 0 Å². The molecule has 0 spiro atoms. The highest BCUT2D eigenvalue weighted by Gasteiger charge is 2.17. The maximum Gasteiger partial charge on any atom is 0.225 e. The van der Waals surface area contributed by atoms with Crippen LogP contribution in [0.15, 0.2) is 36.4 Å². The Morgan fingerprint density at radius 2 is 1.78 bits per heavy atom. The molecule has 23 heavy (non-hydrogen) atoms. The van der Waals surface area contributed by atoms with Gasteiger partial charge in [0, 0.05) is 44.5 Å². The number of likely N-dealkylation sites (N-methyl/N-ethyl adjacent to an activating group) is 1. The van der Waals surface area contributed by atoms with E-state index < -0.39 is 0 Å². The summed E-state index contributed by atoms with van der Waals surface area (Å²) in [4.78, 5) is 14.1. The van der Waals surface area contributed by atoms with Gasteiger partial charge >= 0.3 is 0 Å². The molecule has 1 aromatic carbocycles. The maximum atomic E-state index is 4.71. The first-order valence-corrected chi connectivity index (χ1v) is 8.35. The lowest BCUT2D eigenvalue weighted by Crippen LogP contribution is -2.46. The number of hydrogen-bond acceptors (Lipinski definition) is 5. The van der Waals surface area contributed by atoms with Crippen molar-refractivity contribution in [3.05, 3.63) is 47.7 Å². The van der Waals surface area contributed by atoms with Gasteiger partial charge in [-0.15, -0.1) is 0 Å². The minimum absolute atomic E-state index is 0.710. The van der Waals surface area contributed by atoms with Crippen LogP contribution in [0.25, 0.3) is 0 Å². The summed E-state index contributed by atoms with van der Waals surface area (Å²) in [5.74, 6) is 1.74. The van der Waals surface area contributed by atoms with Crippen LogP contribution in [0.2, 0.25) is 0 Å². The topological polar surface area (TPSA) is 44.3 Å². The summed E-state index contributed by atoms with van der Waals surface area (Å²) < 4.78 is 0. The Kier molecular flexibility index (Phi) is 5.08. The van der Waals surface area contributed by atoms with E-state index in [2.05, 4.69) is 45.2 Å². The minimum Gasteiger partial charge on any atom is -0.354 e. The molecule has 1 aromatic heterocycles. The summed E-state index contributed by atoms with van der Waals surface area (Å²) in [5, 5.41) is 3.34. The van der Waals surface area contributed by atoms with Gasteiger partial charge in [-0.25, -0.2) is 4.98 Å². The van der Waals surface area contributed by atoms with Crippen molar-refractivity contribution in [1.82, 2.24) is 14.9 Å². The normalized spacial score (nSPS) is 15.7. The molecule has 0 radical (unpaired) electrons. The highest BCUT2D eigenvalue weighted by Crippen LogP contribution is 2.17. The standard InChI is InChI=1S/C18H25N5/c1-3-22-9-11-23(12-10-22)17-13-15(2)20-18(21-17)19-14-16-7-5-4-6-8-16/h4-8,13H,3,9-12,14H2,1-2H3,(H,19,20,21). The first kappa shape index (κ1) is 15.7. The number of nitrogens with one attached hydrogen (secondary N) is 1. The summed E-state index contributed by atoms with van der Waals surface area (Å²) in [5.41, 5.74) is 2.24. The quantitative estimate of drug-likeness (QED) is 0.919. The Morgan fingerprint density at radius 3 is 2.48 bits per heavy atom. The molecule has 3 rings (SSSR count). The molecule has 0 bridgehead atoms. The maximum absolute atomic E-state index is 4.71. The molecule has 2 heterocycles. The van der Waals surface area contributed by atoms with Crippen molar-refractivity contribution >= 4 is 11.8 Å². The lowest BCUT2D eigenvalue weighted by Gasteiger charge is -2.34. The first-order chi connectivity index (χ1) is 11.2. The molecule has 1 saturated heterocycles. The Hall–Kier alpha value is -2.14. The second-order valence-electron chi connectivity index (χ2n) is 5.95. The van der Waals surface area contributed by atoms with Crippen molar-refractivity contribution in [2.45, 2.75) is 20.4 Å². The molecule has 0 aliphatic carbocycles. The molecular formula is C18H25N5. The third-order valence-electron chi connectivity index (χ3n) is 4.28. The van der Waals surface area contributed by atoms with E-state index in [1.54, 1.807) is 0 Å². The van der Waals surface area contributed by atoms with Crippen LogP contribution in [0.4, 0.5) is 11.8 Å². The smallest absolute Gasteiger partial charge is 0.225 e. The van der Waals surface area contributed by atoms with E-state index in [1.165, 1.54) is 5.56 Å². The number of hydrogen-bond donors (Lipinski definition) is 1. The number of aromatic nitrogens is 2. The van der Waals surface area contributed by atoms with E-state index >= 15 is 0 Å². The van der Waals surface area contributed by atoms with E-state index in [-0.39, 0.29) is 0 Å². The number of rotatable bonds is 5. The van der Waals surface area contributed by atoms with Crippen molar-refractivity contribution in [3.63, 3.8) is 0 Å². The molecule has 5 nitrogen and oxygen atoms in total. The highest BCUT2D eigenvalue weighted by molar-refractivity contribution is 5.45. The molecule has 5 heteroatoms. The number of anilines is 2. The van der Waals surface area contributed by atoms with Gasteiger partial charge < -0.3 is 15.1 Å². The van der Waals surface area contributed by atoms with Crippen molar-refractivity contribution < 1.29 is 0 Å². The molecule has 1 fully saturated rings. The molecule has 0 saturated carbocycles. The monoisotopic (exact) mass is 311 g/mol. The lowest BCUT2D eigenvalue weighted by atomic mass is 10.2. The summed E-state index contributed by atoms with van der Waals surface area (Å²) in [6, 6.07) is 12.4. The van der Waals surface area contributed by atoms with E-state index in [4.69, 9.17) is 4.98 Å². The second-order valence-corrected chi connectivity index (χ2v) is 5.95. The summed E-state index contributed by atoms with van der Waals surface area (Å²) in [7, 11) is 0. The van der Waals surface area contributed by atoms with Crippen LogP contribution >= 0.6 is 0 Å². The fraction of sp³-hybridized carbons (Fsp3) is 0.444. The van der Waals surface area contributed by atoms with Crippen LogP contribution < -0.4 is 10.2 Å². The van der Waals surface area contributed by atoms with Gasteiger partial charge in [-0.05, 0) is 19.0 Å². The van der Waals surface area contributed by atoms with Gasteiger partial charge in [-0.1, -0.05) is 37.3 Å². The highest BCUT2D eigenvalue weighted by atomic mass is 15.3. The zero-order valence-corrected chi connectivity index (χ0v) is 14.0. The van der Waals surface area contributed by atoms with Crippen LogP contribution in [-0.2, 0) is 6.54 Å². The van der Waals surface area contributed by atoms with Crippen LogP contribution in [0.1, 0.15) is 18.2 Å². The predicted octanol–water partition coefficient (Wildman–Crippen LogP) is 2.54. The van der Waals surface area contributed by atoms with Crippen molar-refractivity contribution in [2.24, 2.45) is 0 Å². The largest absolute Gasteiger partial charge is 0.354 e. The summed E-state index contributed by atoms with van der Waals surface area (Å²) in [6.45, 7) is 10.4. The SMILES string of the molecule is CCN1CCN(c2cc(C)nc(NCc3ccccc3)n2)CC1. The van der Waals surface area contributed by atoms with Gasteiger partial charge in [0.1, 0.15) is 5.82 Å². The zero-order valence-electron chi connectivity index (χ0n) is 14.0. The number of nitrogens with zero attached hydrogens (tertiary/aromatic N) is 4. The molecule has 1 aliphatic rings. The number of benzene rings is 1. The van der Waals surface area contributed by atoms with Crippen molar-refractivity contribution in [3.8, 4) is 0 Å². The van der Waals surface area contributed by atoms with Crippen LogP contribution in [0.3, 0.4) is 0 Å². The molecule has 0 atom stereocenters. The average Bonchev–Trinajstić information content (AvgIpc) is 2.60. The van der Waals surface area contributed by atoms with Crippen molar-refractivity contribution in [1.29, 1.82) is 0 Å². The molecule has 1 aliphatic heterocycles. The van der Waals surface area contributed by atoms with E-state index in [0.29, 0.717) is 5.95 Å². The van der Waals surface area contributed by atoms with E-state index in [9.17, 15) is 0 Å². The molecular weight excluding hydrogens is 286 g/mol. The zero-order chi connectivity index (χ0) is 16.1. The minimum atomic E-state index is 0.710. The molecule has 2 aromatic rings. The second kappa shape index (κ2) is 7.42. The fourth-order valence-corrected chi connectivity index (χ4v) is 2.86. The van der Waals surface area contributed by atoms with Crippen LogP contribution in [0, 0.1) is 6.92 Å². The number of piperazine rings is 1. The lowest BCUT2D eigenvalue weighted by molar-refractivity contribution is 0.270. The number of aryl methyl sites for hydroxylation is 1. The Labute approximate surface area is 138 Å². The summed E-state index contributed by atoms with van der Waals surface area (Å²) in [6.07, 6.45) is 0. The van der Waals surface area contributed by atoms with E-state index in [0.717, 1.165) is 50.8 Å². The Balaban J connectivity index is 1.67. The summed E-state index contributed by atoms with van der Waals surface area (Å²) >= 11 is 0. The Bertz CT molecular complexity index is 621. The van der Waals surface area contributed by atoms with Gasteiger partial charge in [0.2, 0.25) is 5.95 Å². The van der Waals surface area contributed by atoms with Gasteiger partial charge in [-0.3, -0.25) is 0 Å². The Morgan fingerprint density at radius 1 is 1.04 bits per heavy atom. The predicted molar refractivity (Wildman–Crippen MR) is 94.9 cm³/mol. The molecule has 0 amide bonds. The van der Waals surface area contributed by atoms with Crippen molar-refractivity contribution in [2.75, 3.05) is 42.9 Å².